The second-order valence-corrected chi connectivity index (χ2v) is 7.19. The summed E-state index contributed by atoms with van der Waals surface area (Å²) in [6.45, 7) is 9.79. The van der Waals surface area contributed by atoms with Crippen molar-refractivity contribution in [2.75, 3.05) is 26.8 Å². The van der Waals surface area contributed by atoms with Crippen molar-refractivity contribution in [1.29, 1.82) is 0 Å². The topological polar surface area (TPSA) is 72.7 Å². The Bertz CT molecular complexity index is 1020. The Labute approximate surface area is 207 Å². The molecule has 0 unspecified atom stereocenters. The van der Waals surface area contributed by atoms with Crippen molar-refractivity contribution in [2.24, 2.45) is 4.99 Å². The summed E-state index contributed by atoms with van der Waals surface area (Å²) in [5, 5.41) is 6.75. The van der Waals surface area contributed by atoms with Crippen molar-refractivity contribution in [2.45, 2.75) is 40.3 Å². The van der Waals surface area contributed by atoms with Gasteiger partial charge in [0.2, 0.25) is 0 Å². The van der Waals surface area contributed by atoms with Crippen LogP contribution >= 0.6 is 24.0 Å². The third-order valence-electron chi connectivity index (χ3n) is 4.99. The van der Waals surface area contributed by atoms with Crippen LogP contribution in [0.1, 0.15) is 31.7 Å². The van der Waals surface area contributed by atoms with Gasteiger partial charge in [-0.25, -0.2) is 9.98 Å². The van der Waals surface area contributed by atoms with Crippen LogP contribution in [-0.2, 0) is 13.1 Å². The summed E-state index contributed by atoms with van der Waals surface area (Å²) < 4.78 is 13.3. The highest BCUT2D eigenvalue weighted by molar-refractivity contribution is 14.0. The van der Waals surface area contributed by atoms with E-state index in [0.717, 1.165) is 60.4 Å². The molecule has 0 radical (unpaired) electrons. The van der Waals surface area contributed by atoms with Gasteiger partial charge in [-0.2, -0.15) is 0 Å². The second kappa shape index (κ2) is 13.1. The first-order chi connectivity index (χ1) is 15.2. The number of aryl methyl sites for hydroxylation is 2. The SMILES string of the molecule is CCNC(=NCc1ccc(OC)c(OCC)c1)NCCCn1c(C)nc2ccccc21.I. The standard InChI is InChI=1S/C24H33N5O2.HI/c1-5-25-24(27-17-19-12-13-22(30-4)23(16-19)31-6-2)26-14-9-15-29-18(3)28-20-10-7-8-11-21(20)29;/h7-8,10-13,16H,5-6,9,14-15,17H2,1-4H3,(H2,25,26,27);1H. The molecule has 7 nitrogen and oxygen atoms in total. The van der Waals surface area contributed by atoms with E-state index in [-0.39, 0.29) is 24.0 Å². The number of benzene rings is 2. The number of fused-ring (bicyclic) bond motifs is 1. The van der Waals surface area contributed by atoms with Crippen LogP contribution in [0.2, 0.25) is 0 Å². The first kappa shape index (κ1) is 25.8. The summed E-state index contributed by atoms with van der Waals surface area (Å²) in [6, 6.07) is 14.2. The molecule has 0 amide bonds. The fourth-order valence-corrected chi connectivity index (χ4v) is 3.52. The maximum atomic E-state index is 5.67. The Morgan fingerprint density at radius 1 is 1.09 bits per heavy atom. The Balaban J connectivity index is 0.00000363. The van der Waals surface area contributed by atoms with Crippen molar-refractivity contribution in [3.63, 3.8) is 0 Å². The molecule has 1 heterocycles. The number of nitrogens with zero attached hydrogens (tertiary/aromatic N) is 3. The predicted molar refractivity (Wildman–Crippen MR) is 141 cm³/mol. The Hall–Kier alpha value is -2.49. The molecule has 0 aliphatic heterocycles. The summed E-state index contributed by atoms with van der Waals surface area (Å²) in [7, 11) is 1.65. The molecule has 8 heteroatoms. The Kier molecular flexibility index (Phi) is 10.6. The number of halogens is 1. The lowest BCUT2D eigenvalue weighted by Crippen LogP contribution is -2.38. The largest absolute Gasteiger partial charge is 0.493 e. The van der Waals surface area contributed by atoms with Gasteiger partial charge in [0.15, 0.2) is 17.5 Å². The van der Waals surface area contributed by atoms with Crippen molar-refractivity contribution >= 4 is 41.0 Å². The lowest BCUT2D eigenvalue weighted by atomic mass is 10.2. The van der Waals surface area contributed by atoms with E-state index in [1.165, 1.54) is 5.52 Å². The van der Waals surface area contributed by atoms with Gasteiger partial charge in [-0.3, -0.25) is 0 Å². The lowest BCUT2D eigenvalue weighted by molar-refractivity contribution is 0.310. The molecular weight excluding hydrogens is 517 g/mol. The summed E-state index contributed by atoms with van der Waals surface area (Å²) >= 11 is 0. The molecule has 0 saturated carbocycles. The molecule has 1 aromatic heterocycles. The van der Waals surface area contributed by atoms with Gasteiger partial charge < -0.3 is 24.7 Å². The zero-order chi connectivity index (χ0) is 22.1. The maximum absolute atomic E-state index is 5.67. The number of nitrogens with one attached hydrogen (secondary N) is 2. The molecule has 174 valence electrons. The zero-order valence-corrected chi connectivity index (χ0v) is 21.7. The molecule has 0 fully saturated rings. The van der Waals surface area contributed by atoms with Gasteiger partial charge in [0.1, 0.15) is 5.82 Å². The minimum Gasteiger partial charge on any atom is -0.493 e. The number of rotatable bonds is 10. The van der Waals surface area contributed by atoms with E-state index in [1.54, 1.807) is 7.11 Å². The number of guanidine groups is 1. The normalized spacial score (nSPS) is 11.2. The highest BCUT2D eigenvalue weighted by Gasteiger charge is 2.07. The maximum Gasteiger partial charge on any atom is 0.191 e. The molecule has 3 aromatic rings. The molecule has 2 N–H and O–H groups in total. The van der Waals surface area contributed by atoms with Gasteiger partial charge in [-0.05, 0) is 57.0 Å². The second-order valence-electron chi connectivity index (χ2n) is 7.19. The van der Waals surface area contributed by atoms with Gasteiger partial charge in [0.25, 0.3) is 0 Å². The number of hydrogen-bond acceptors (Lipinski definition) is 4. The van der Waals surface area contributed by atoms with Crippen molar-refractivity contribution in [1.82, 2.24) is 20.2 Å². The average molecular weight is 551 g/mol. The van der Waals surface area contributed by atoms with E-state index in [1.807, 2.05) is 31.2 Å². The number of hydrogen-bond donors (Lipinski definition) is 2. The van der Waals surface area contributed by atoms with Gasteiger partial charge in [-0.1, -0.05) is 18.2 Å². The van der Waals surface area contributed by atoms with E-state index in [9.17, 15) is 0 Å². The van der Waals surface area contributed by atoms with Crippen molar-refractivity contribution in [3.05, 3.63) is 53.9 Å². The molecule has 0 spiro atoms. The van der Waals surface area contributed by atoms with E-state index >= 15 is 0 Å². The third-order valence-corrected chi connectivity index (χ3v) is 4.99. The van der Waals surface area contributed by atoms with Crippen LogP contribution in [0.25, 0.3) is 11.0 Å². The smallest absolute Gasteiger partial charge is 0.191 e. The third kappa shape index (κ3) is 6.75. The van der Waals surface area contributed by atoms with Crippen LogP contribution < -0.4 is 20.1 Å². The van der Waals surface area contributed by atoms with Gasteiger partial charge in [0.05, 0.1) is 31.3 Å². The van der Waals surface area contributed by atoms with Crippen molar-refractivity contribution < 1.29 is 9.47 Å². The summed E-state index contributed by atoms with van der Waals surface area (Å²) in [6.07, 6.45) is 0.975. The molecule has 2 aromatic carbocycles. The molecule has 3 rings (SSSR count). The molecular formula is C24H34IN5O2. The predicted octanol–water partition coefficient (Wildman–Crippen LogP) is 4.52. The van der Waals surface area contributed by atoms with Crippen LogP contribution in [0.4, 0.5) is 0 Å². The number of ether oxygens (including phenoxy) is 2. The fraction of sp³-hybridized carbons (Fsp3) is 0.417. The average Bonchev–Trinajstić information content (AvgIpc) is 3.10. The Morgan fingerprint density at radius 3 is 2.66 bits per heavy atom. The highest BCUT2D eigenvalue weighted by Crippen LogP contribution is 2.28. The number of methoxy groups -OCH3 is 1. The van der Waals surface area contributed by atoms with E-state index in [2.05, 4.69) is 52.2 Å². The quantitative estimate of drug-likeness (QED) is 0.168. The van der Waals surface area contributed by atoms with Gasteiger partial charge in [0, 0.05) is 19.6 Å². The first-order valence-corrected chi connectivity index (χ1v) is 10.9. The molecule has 0 aliphatic rings. The minimum absolute atomic E-state index is 0. The number of para-hydroxylation sites is 2. The van der Waals surface area contributed by atoms with Crippen LogP contribution in [0.15, 0.2) is 47.5 Å². The highest BCUT2D eigenvalue weighted by atomic mass is 127. The summed E-state index contributed by atoms with van der Waals surface area (Å²) in [5.41, 5.74) is 3.31. The van der Waals surface area contributed by atoms with Crippen LogP contribution in [0, 0.1) is 6.92 Å². The summed E-state index contributed by atoms with van der Waals surface area (Å²) in [4.78, 5) is 9.36. The zero-order valence-electron chi connectivity index (χ0n) is 19.4. The number of imidazole rings is 1. The molecule has 0 atom stereocenters. The van der Waals surface area contributed by atoms with E-state index in [4.69, 9.17) is 14.5 Å². The van der Waals surface area contributed by atoms with E-state index in [0.29, 0.717) is 13.2 Å². The lowest BCUT2D eigenvalue weighted by Gasteiger charge is -2.13. The molecule has 0 bridgehead atoms. The van der Waals surface area contributed by atoms with Crippen LogP contribution in [0.3, 0.4) is 0 Å². The number of aromatic nitrogens is 2. The monoisotopic (exact) mass is 551 g/mol. The fourth-order valence-electron chi connectivity index (χ4n) is 3.52. The van der Waals surface area contributed by atoms with Crippen LogP contribution in [0.5, 0.6) is 11.5 Å². The Morgan fingerprint density at radius 2 is 1.91 bits per heavy atom. The van der Waals surface area contributed by atoms with Crippen molar-refractivity contribution in [3.8, 4) is 11.5 Å². The minimum atomic E-state index is 0. The summed E-state index contributed by atoms with van der Waals surface area (Å²) in [5.74, 6) is 3.34. The first-order valence-electron chi connectivity index (χ1n) is 10.9. The van der Waals surface area contributed by atoms with Gasteiger partial charge in [-0.15, -0.1) is 24.0 Å². The van der Waals surface area contributed by atoms with Crippen LogP contribution in [-0.4, -0.2) is 42.3 Å². The molecule has 0 aliphatic carbocycles. The van der Waals surface area contributed by atoms with E-state index < -0.39 is 0 Å². The molecule has 0 saturated heterocycles. The van der Waals surface area contributed by atoms with Gasteiger partial charge >= 0.3 is 0 Å². The molecule has 32 heavy (non-hydrogen) atoms. The number of aliphatic imine (C=N–C) groups is 1.